The molecular formula is C15H22N2O3S. The van der Waals surface area contributed by atoms with Gasteiger partial charge < -0.3 is 15.4 Å². The molecule has 0 radical (unpaired) electrons. The topological polar surface area (TPSA) is 67.4 Å². The fraction of sp³-hybridized carbons (Fsp3) is 0.600. The molecule has 2 rings (SSSR count). The van der Waals surface area contributed by atoms with E-state index in [4.69, 9.17) is 4.74 Å². The van der Waals surface area contributed by atoms with E-state index in [9.17, 15) is 9.59 Å². The lowest BCUT2D eigenvalue weighted by Gasteiger charge is -2.35. The maximum Gasteiger partial charge on any atom is 0.261 e. The first-order valence-electron chi connectivity index (χ1n) is 7.14. The van der Waals surface area contributed by atoms with Crippen LogP contribution >= 0.6 is 11.3 Å². The minimum Gasteiger partial charge on any atom is -0.375 e. The number of hydrogen-bond donors (Lipinski definition) is 2. The van der Waals surface area contributed by atoms with E-state index in [0.29, 0.717) is 18.0 Å². The standard InChI is InChI=1S/C15H22N2O3S/c1-10(18)16-9-12-4-5-13(21-12)14(19)17-11-6-7-20-15(2,3)8-11/h4-5,11H,6-9H2,1-3H3,(H,16,18)(H,17,19). The molecule has 1 fully saturated rings. The third-order valence-corrected chi connectivity index (χ3v) is 4.51. The Morgan fingerprint density at radius 1 is 1.43 bits per heavy atom. The van der Waals surface area contributed by atoms with Crippen molar-refractivity contribution in [2.24, 2.45) is 0 Å². The van der Waals surface area contributed by atoms with Crippen LogP contribution in [0.4, 0.5) is 0 Å². The Bertz CT molecular complexity index is 525. The molecule has 0 aliphatic carbocycles. The summed E-state index contributed by atoms with van der Waals surface area (Å²) in [5.74, 6) is -0.115. The molecule has 0 aromatic carbocycles. The molecule has 2 heterocycles. The van der Waals surface area contributed by atoms with Crippen LogP contribution in [0.2, 0.25) is 0 Å². The predicted octanol–water partition coefficient (Wildman–Crippen LogP) is 2.07. The molecule has 1 saturated heterocycles. The quantitative estimate of drug-likeness (QED) is 0.894. The number of nitrogens with one attached hydrogen (secondary N) is 2. The second-order valence-corrected chi connectivity index (χ2v) is 7.12. The van der Waals surface area contributed by atoms with Crippen LogP contribution in [0.25, 0.3) is 0 Å². The number of carbonyl (C=O) groups is 2. The van der Waals surface area contributed by atoms with Gasteiger partial charge in [-0.3, -0.25) is 9.59 Å². The number of thiophene rings is 1. The first kappa shape index (κ1) is 16.0. The van der Waals surface area contributed by atoms with Crippen molar-refractivity contribution in [3.63, 3.8) is 0 Å². The molecule has 1 aliphatic heterocycles. The fourth-order valence-electron chi connectivity index (χ4n) is 2.42. The van der Waals surface area contributed by atoms with Crippen molar-refractivity contribution in [1.82, 2.24) is 10.6 Å². The molecule has 21 heavy (non-hydrogen) atoms. The Morgan fingerprint density at radius 3 is 2.86 bits per heavy atom. The van der Waals surface area contributed by atoms with Gasteiger partial charge in [0.25, 0.3) is 5.91 Å². The molecule has 1 atom stereocenters. The molecule has 5 nitrogen and oxygen atoms in total. The van der Waals surface area contributed by atoms with Gasteiger partial charge in [0.2, 0.25) is 5.91 Å². The van der Waals surface area contributed by atoms with Crippen molar-refractivity contribution in [2.75, 3.05) is 6.61 Å². The maximum absolute atomic E-state index is 12.2. The molecule has 0 saturated carbocycles. The van der Waals surface area contributed by atoms with Crippen molar-refractivity contribution >= 4 is 23.2 Å². The summed E-state index contributed by atoms with van der Waals surface area (Å²) in [5.41, 5.74) is -0.178. The minimum absolute atomic E-state index is 0.0447. The van der Waals surface area contributed by atoms with Crippen molar-refractivity contribution in [2.45, 2.75) is 51.8 Å². The van der Waals surface area contributed by atoms with E-state index in [1.165, 1.54) is 18.3 Å². The second kappa shape index (κ2) is 6.58. The molecular weight excluding hydrogens is 288 g/mol. The van der Waals surface area contributed by atoms with Crippen molar-refractivity contribution in [3.05, 3.63) is 21.9 Å². The lowest BCUT2D eigenvalue weighted by atomic mass is 9.94. The SMILES string of the molecule is CC(=O)NCc1ccc(C(=O)NC2CCOC(C)(C)C2)s1. The Hall–Kier alpha value is -1.40. The average Bonchev–Trinajstić information content (AvgIpc) is 2.84. The molecule has 1 aromatic heterocycles. The lowest BCUT2D eigenvalue weighted by molar-refractivity contribution is -0.119. The zero-order valence-electron chi connectivity index (χ0n) is 12.7. The molecule has 1 unspecified atom stereocenters. The Kier molecular flexibility index (Phi) is 5.00. The predicted molar refractivity (Wildman–Crippen MR) is 82.4 cm³/mol. The highest BCUT2D eigenvalue weighted by molar-refractivity contribution is 7.14. The molecule has 6 heteroatoms. The largest absolute Gasteiger partial charge is 0.375 e. The normalized spacial score (nSPS) is 20.8. The third-order valence-electron chi connectivity index (χ3n) is 3.43. The van der Waals surface area contributed by atoms with Gasteiger partial charge >= 0.3 is 0 Å². The smallest absolute Gasteiger partial charge is 0.261 e. The molecule has 2 N–H and O–H groups in total. The summed E-state index contributed by atoms with van der Waals surface area (Å²) in [5, 5.41) is 5.80. The van der Waals surface area contributed by atoms with Crippen LogP contribution in [0.5, 0.6) is 0 Å². The zero-order valence-corrected chi connectivity index (χ0v) is 13.5. The fourth-order valence-corrected chi connectivity index (χ4v) is 3.27. The molecule has 1 aromatic rings. The summed E-state index contributed by atoms with van der Waals surface area (Å²) < 4.78 is 5.65. The highest BCUT2D eigenvalue weighted by atomic mass is 32.1. The number of hydrogen-bond acceptors (Lipinski definition) is 4. The van der Waals surface area contributed by atoms with E-state index in [-0.39, 0.29) is 23.5 Å². The van der Waals surface area contributed by atoms with E-state index >= 15 is 0 Å². The number of rotatable bonds is 4. The van der Waals surface area contributed by atoms with Gasteiger partial charge in [0.1, 0.15) is 0 Å². The number of ether oxygens (including phenoxy) is 1. The van der Waals surface area contributed by atoms with Crippen molar-refractivity contribution in [1.29, 1.82) is 0 Å². The van der Waals surface area contributed by atoms with Crippen LogP contribution in [-0.4, -0.2) is 30.1 Å². The monoisotopic (exact) mass is 310 g/mol. The first-order valence-corrected chi connectivity index (χ1v) is 7.95. The summed E-state index contributed by atoms with van der Waals surface area (Å²) in [4.78, 5) is 24.8. The molecule has 0 spiro atoms. The van der Waals surface area contributed by atoms with Crippen LogP contribution in [0.1, 0.15) is 48.2 Å². The van der Waals surface area contributed by atoms with E-state index < -0.39 is 0 Å². The van der Waals surface area contributed by atoms with Gasteiger partial charge in [0, 0.05) is 24.4 Å². The Labute approximate surface area is 129 Å². The van der Waals surface area contributed by atoms with Gasteiger partial charge in [-0.2, -0.15) is 0 Å². The second-order valence-electron chi connectivity index (χ2n) is 5.95. The molecule has 2 amide bonds. The van der Waals surface area contributed by atoms with Crippen molar-refractivity contribution in [3.8, 4) is 0 Å². The highest BCUT2D eigenvalue weighted by Gasteiger charge is 2.29. The van der Waals surface area contributed by atoms with E-state index in [2.05, 4.69) is 10.6 Å². The molecule has 0 bridgehead atoms. The van der Waals surface area contributed by atoms with Crippen LogP contribution in [-0.2, 0) is 16.1 Å². The Morgan fingerprint density at radius 2 is 2.19 bits per heavy atom. The van der Waals surface area contributed by atoms with Crippen LogP contribution in [0.15, 0.2) is 12.1 Å². The summed E-state index contributed by atoms with van der Waals surface area (Å²) >= 11 is 1.41. The zero-order chi connectivity index (χ0) is 15.5. The van der Waals surface area contributed by atoms with Gasteiger partial charge in [0.05, 0.1) is 17.0 Å². The first-order chi connectivity index (χ1) is 9.85. The van der Waals surface area contributed by atoms with Gasteiger partial charge in [-0.25, -0.2) is 0 Å². The summed E-state index contributed by atoms with van der Waals surface area (Å²) in [6.07, 6.45) is 1.67. The van der Waals surface area contributed by atoms with E-state index in [1.54, 1.807) is 0 Å². The van der Waals surface area contributed by atoms with Crippen LogP contribution in [0, 0.1) is 0 Å². The summed E-state index contributed by atoms with van der Waals surface area (Å²) in [6, 6.07) is 3.84. The summed E-state index contributed by atoms with van der Waals surface area (Å²) in [6.45, 7) is 6.71. The van der Waals surface area contributed by atoms with Gasteiger partial charge in [-0.05, 0) is 38.8 Å². The van der Waals surface area contributed by atoms with Crippen molar-refractivity contribution < 1.29 is 14.3 Å². The van der Waals surface area contributed by atoms with Gasteiger partial charge in [-0.15, -0.1) is 11.3 Å². The van der Waals surface area contributed by atoms with E-state index in [1.807, 2.05) is 26.0 Å². The Balaban J connectivity index is 1.90. The number of carbonyl (C=O) groups excluding carboxylic acids is 2. The third kappa shape index (κ3) is 4.82. The van der Waals surface area contributed by atoms with Crippen LogP contribution in [0.3, 0.4) is 0 Å². The summed E-state index contributed by atoms with van der Waals surface area (Å²) in [7, 11) is 0. The molecule has 1 aliphatic rings. The van der Waals surface area contributed by atoms with Crippen LogP contribution < -0.4 is 10.6 Å². The highest BCUT2D eigenvalue weighted by Crippen LogP contribution is 2.24. The van der Waals surface area contributed by atoms with Gasteiger partial charge in [-0.1, -0.05) is 0 Å². The lowest BCUT2D eigenvalue weighted by Crippen LogP contribution is -2.45. The van der Waals surface area contributed by atoms with Gasteiger partial charge in [0.15, 0.2) is 0 Å². The average molecular weight is 310 g/mol. The number of amides is 2. The van der Waals surface area contributed by atoms with E-state index in [0.717, 1.165) is 17.7 Å². The molecule has 116 valence electrons. The minimum atomic E-state index is -0.178. The maximum atomic E-state index is 12.2.